The highest BCUT2D eigenvalue weighted by Crippen LogP contribution is 2.31. The second kappa shape index (κ2) is 5.56. The second-order valence-corrected chi connectivity index (χ2v) is 4.63. The summed E-state index contributed by atoms with van der Waals surface area (Å²) in [4.78, 5) is 11.8. The summed E-state index contributed by atoms with van der Waals surface area (Å²) in [5.74, 6) is 0.585. The first-order valence-corrected chi connectivity index (χ1v) is 5.75. The molecule has 1 saturated carbocycles. The highest BCUT2D eigenvalue weighted by Gasteiger charge is 2.28. The van der Waals surface area contributed by atoms with Crippen LogP contribution in [0.5, 0.6) is 0 Å². The minimum absolute atomic E-state index is 0. The topological polar surface area (TPSA) is 60.1 Å². The van der Waals surface area contributed by atoms with Crippen molar-refractivity contribution in [3.05, 3.63) is 23.5 Å². The fraction of sp³-hybridized carbons (Fsp3) is 0.583. The molecule has 1 unspecified atom stereocenters. The van der Waals surface area contributed by atoms with E-state index in [2.05, 4.69) is 5.32 Å². The van der Waals surface area contributed by atoms with Crippen molar-refractivity contribution in [1.29, 1.82) is 0 Å². The lowest BCUT2D eigenvalue weighted by atomic mass is 10.2. The SMILES string of the molecule is Cc1ccc(C(=O)NCC(N)C2CC2)n1C.Cl. The first kappa shape index (κ1) is 14.1. The number of nitrogens with one attached hydrogen (secondary N) is 1. The normalized spacial score (nSPS) is 16.2. The van der Waals surface area contributed by atoms with Crippen LogP contribution in [0.15, 0.2) is 12.1 Å². The number of aryl methyl sites for hydroxylation is 1. The number of amides is 1. The van der Waals surface area contributed by atoms with Crippen LogP contribution in [-0.2, 0) is 7.05 Å². The summed E-state index contributed by atoms with van der Waals surface area (Å²) in [7, 11) is 1.89. The van der Waals surface area contributed by atoms with Crippen molar-refractivity contribution in [2.75, 3.05) is 6.54 Å². The molecule has 0 saturated heterocycles. The number of rotatable bonds is 4. The molecule has 1 heterocycles. The highest BCUT2D eigenvalue weighted by molar-refractivity contribution is 5.92. The largest absolute Gasteiger partial charge is 0.349 e. The maximum absolute atomic E-state index is 11.8. The molecule has 2 rings (SSSR count). The summed E-state index contributed by atoms with van der Waals surface area (Å²) in [6, 6.07) is 3.90. The van der Waals surface area contributed by atoms with E-state index in [-0.39, 0.29) is 24.4 Å². The number of hydrogen-bond acceptors (Lipinski definition) is 2. The van der Waals surface area contributed by atoms with E-state index in [1.807, 2.05) is 30.7 Å². The van der Waals surface area contributed by atoms with Crippen LogP contribution in [0.4, 0.5) is 0 Å². The van der Waals surface area contributed by atoms with Gasteiger partial charge in [0.15, 0.2) is 0 Å². The van der Waals surface area contributed by atoms with Crippen LogP contribution in [0, 0.1) is 12.8 Å². The smallest absolute Gasteiger partial charge is 0.267 e. The third-order valence-corrected chi connectivity index (χ3v) is 3.33. The van der Waals surface area contributed by atoms with Crippen molar-refractivity contribution in [3.63, 3.8) is 0 Å². The Kier molecular flexibility index (Phi) is 4.60. The van der Waals surface area contributed by atoms with Crippen molar-refractivity contribution < 1.29 is 4.79 Å². The van der Waals surface area contributed by atoms with Crippen molar-refractivity contribution in [3.8, 4) is 0 Å². The fourth-order valence-electron chi connectivity index (χ4n) is 1.83. The highest BCUT2D eigenvalue weighted by atomic mass is 35.5. The Balaban J connectivity index is 0.00000144. The summed E-state index contributed by atoms with van der Waals surface area (Å²) >= 11 is 0. The molecule has 17 heavy (non-hydrogen) atoms. The number of halogens is 1. The molecule has 0 bridgehead atoms. The van der Waals surface area contributed by atoms with Gasteiger partial charge in [0.05, 0.1) is 0 Å². The Hall–Kier alpha value is -1.00. The third kappa shape index (κ3) is 3.23. The summed E-state index contributed by atoms with van der Waals surface area (Å²) in [6.45, 7) is 2.56. The number of carbonyl (C=O) groups excluding carboxylic acids is 1. The molecule has 0 aliphatic heterocycles. The molecular weight excluding hydrogens is 238 g/mol. The maximum atomic E-state index is 11.8. The number of nitrogens with two attached hydrogens (primary N) is 1. The molecule has 0 radical (unpaired) electrons. The van der Waals surface area contributed by atoms with E-state index in [0.29, 0.717) is 18.2 Å². The van der Waals surface area contributed by atoms with Crippen molar-refractivity contribution in [1.82, 2.24) is 9.88 Å². The minimum atomic E-state index is -0.0355. The molecule has 4 nitrogen and oxygen atoms in total. The first-order chi connectivity index (χ1) is 7.59. The number of hydrogen-bond donors (Lipinski definition) is 2. The van der Waals surface area contributed by atoms with Gasteiger partial charge in [0.25, 0.3) is 5.91 Å². The predicted octanol–water partition coefficient (Wildman–Crippen LogP) is 1.22. The molecule has 1 fully saturated rings. The monoisotopic (exact) mass is 257 g/mol. The Morgan fingerprint density at radius 1 is 1.59 bits per heavy atom. The van der Waals surface area contributed by atoms with Gasteiger partial charge in [-0.05, 0) is 37.8 Å². The van der Waals surface area contributed by atoms with Crippen LogP contribution >= 0.6 is 12.4 Å². The summed E-state index contributed by atoms with van der Waals surface area (Å²) < 4.78 is 1.89. The average Bonchev–Trinajstić information content (AvgIpc) is 3.04. The maximum Gasteiger partial charge on any atom is 0.267 e. The van der Waals surface area contributed by atoms with Gasteiger partial charge in [-0.15, -0.1) is 12.4 Å². The molecule has 1 amide bonds. The van der Waals surface area contributed by atoms with Gasteiger partial charge in [0, 0.05) is 25.3 Å². The molecule has 1 aliphatic rings. The summed E-state index contributed by atoms with van der Waals surface area (Å²) in [5, 5.41) is 2.89. The molecular formula is C12H20ClN3O. The van der Waals surface area contributed by atoms with Gasteiger partial charge in [0.1, 0.15) is 5.69 Å². The quantitative estimate of drug-likeness (QED) is 0.852. The van der Waals surface area contributed by atoms with Gasteiger partial charge in [-0.2, -0.15) is 0 Å². The molecule has 1 atom stereocenters. The zero-order chi connectivity index (χ0) is 11.7. The van der Waals surface area contributed by atoms with E-state index < -0.39 is 0 Å². The van der Waals surface area contributed by atoms with Crippen LogP contribution < -0.4 is 11.1 Å². The van der Waals surface area contributed by atoms with Gasteiger partial charge >= 0.3 is 0 Å². The number of carbonyl (C=O) groups is 1. The summed E-state index contributed by atoms with van der Waals surface area (Å²) in [6.07, 6.45) is 2.42. The van der Waals surface area contributed by atoms with Crippen LogP contribution in [0.2, 0.25) is 0 Å². The lowest BCUT2D eigenvalue weighted by Gasteiger charge is -2.12. The van der Waals surface area contributed by atoms with Gasteiger partial charge in [-0.1, -0.05) is 0 Å². The zero-order valence-corrected chi connectivity index (χ0v) is 11.1. The van der Waals surface area contributed by atoms with E-state index in [1.54, 1.807) is 0 Å². The number of aromatic nitrogens is 1. The van der Waals surface area contributed by atoms with E-state index >= 15 is 0 Å². The van der Waals surface area contributed by atoms with Crippen LogP contribution in [0.3, 0.4) is 0 Å². The number of nitrogens with zero attached hydrogens (tertiary/aromatic N) is 1. The van der Waals surface area contributed by atoms with Gasteiger partial charge in [0.2, 0.25) is 0 Å². The Morgan fingerprint density at radius 3 is 2.71 bits per heavy atom. The van der Waals surface area contributed by atoms with E-state index in [9.17, 15) is 4.79 Å². The Morgan fingerprint density at radius 2 is 2.24 bits per heavy atom. The Bertz CT molecular complexity index is 398. The first-order valence-electron chi connectivity index (χ1n) is 5.75. The zero-order valence-electron chi connectivity index (χ0n) is 10.3. The second-order valence-electron chi connectivity index (χ2n) is 4.63. The molecule has 1 aliphatic carbocycles. The van der Waals surface area contributed by atoms with Gasteiger partial charge < -0.3 is 15.6 Å². The van der Waals surface area contributed by atoms with Crippen molar-refractivity contribution >= 4 is 18.3 Å². The van der Waals surface area contributed by atoms with Gasteiger partial charge in [-0.3, -0.25) is 4.79 Å². The Labute approximate surface area is 108 Å². The van der Waals surface area contributed by atoms with Crippen molar-refractivity contribution in [2.45, 2.75) is 25.8 Å². The molecule has 0 spiro atoms. The molecule has 3 N–H and O–H groups in total. The summed E-state index contributed by atoms with van der Waals surface area (Å²) in [5.41, 5.74) is 7.70. The molecule has 1 aromatic heterocycles. The molecule has 5 heteroatoms. The van der Waals surface area contributed by atoms with E-state index in [0.717, 1.165) is 5.69 Å². The molecule has 0 aromatic carbocycles. The van der Waals surface area contributed by atoms with Crippen LogP contribution in [-0.4, -0.2) is 23.1 Å². The van der Waals surface area contributed by atoms with E-state index in [4.69, 9.17) is 5.73 Å². The van der Waals surface area contributed by atoms with Crippen LogP contribution in [0.1, 0.15) is 29.0 Å². The molecule has 1 aromatic rings. The average molecular weight is 258 g/mol. The fourth-order valence-corrected chi connectivity index (χ4v) is 1.83. The predicted molar refractivity (Wildman–Crippen MR) is 70.4 cm³/mol. The van der Waals surface area contributed by atoms with Gasteiger partial charge in [-0.25, -0.2) is 0 Å². The lowest BCUT2D eigenvalue weighted by Crippen LogP contribution is -2.39. The van der Waals surface area contributed by atoms with Crippen molar-refractivity contribution in [2.24, 2.45) is 18.7 Å². The third-order valence-electron chi connectivity index (χ3n) is 3.33. The van der Waals surface area contributed by atoms with Crippen LogP contribution in [0.25, 0.3) is 0 Å². The lowest BCUT2D eigenvalue weighted by molar-refractivity contribution is 0.0942. The molecule has 96 valence electrons. The minimum Gasteiger partial charge on any atom is -0.349 e. The standard InChI is InChI=1S/C12H19N3O.ClH/c1-8-3-6-11(15(8)2)12(16)14-7-10(13)9-4-5-9;/h3,6,9-10H,4-5,7,13H2,1-2H3,(H,14,16);1H. The van der Waals surface area contributed by atoms with E-state index in [1.165, 1.54) is 12.8 Å².